The average Bonchev–Trinajstić information content (AvgIpc) is 3.84. The number of fused-ring (bicyclic) bond motifs is 2. The Kier molecular flexibility index (Phi) is 10.8. The topological polar surface area (TPSA) is 128 Å². The Hall–Kier alpha value is -4.41. The molecule has 2 saturated heterocycles. The van der Waals surface area contributed by atoms with E-state index in [1.165, 1.54) is 17.5 Å². The highest BCUT2D eigenvalue weighted by Crippen LogP contribution is 2.42. The molecule has 5 aliphatic rings. The van der Waals surface area contributed by atoms with Gasteiger partial charge in [-0.05, 0) is 80.9 Å². The molecule has 2 heterocycles. The Balaban J connectivity index is 1.09. The second-order valence-electron chi connectivity index (χ2n) is 15.6. The van der Waals surface area contributed by atoms with Crippen molar-refractivity contribution in [2.75, 3.05) is 20.1 Å². The van der Waals surface area contributed by atoms with Gasteiger partial charge in [-0.3, -0.25) is 24.1 Å². The molecular weight excluding hydrogens is 658 g/mol. The van der Waals surface area contributed by atoms with Crippen molar-refractivity contribution in [3.05, 3.63) is 71.3 Å². The lowest BCUT2D eigenvalue weighted by Crippen LogP contribution is -2.59. The molecule has 2 aromatic rings. The normalized spacial score (nSPS) is 25.3. The first kappa shape index (κ1) is 36.0. The van der Waals surface area contributed by atoms with Crippen LogP contribution in [0.5, 0.6) is 0 Å². The van der Waals surface area contributed by atoms with E-state index in [-0.39, 0.29) is 48.2 Å². The van der Waals surface area contributed by atoms with Gasteiger partial charge in [0, 0.05) is 26.1 Å². The maximum absolute atomic E-state index is 14.8. The van der Waals surface area contributed by atoms with E-state index in [4.69, 9.17) is 4.74 Å². The van der Waals surface area contributed by atoms with Crippen molar-refractivity contribution in [1.29, 1.82) is 0 Å². The number of likely N-dealkylation sites (N-methyl/N-ethyl adjacent to an activating group) is 1. The molecule has 2 aliphatic heterocycles. The van der Waals surface area contributed by atoms with Crippen LogP contribution in [0.4, 0.5) is 4.79 Å². The number of hydrogen-bond acceptors (Lipinski definition) is 6. The summed E-state index contributed by atoms with van der Waals surface area (Å²) in [6, 6.07) is 15.1. The molecule has 0 spiro atoms. The molecule has 11 heteroatoms. The third-order valence-corrected chi connectivity index (χ3v) is 12.3. The lowest BCUT2D eigenvalue weighted by molar-refractivity contribution is -0.141. The van der Waals surface area contributed by atoms with Gasteiger partial charge in [-0.25, -0.2) is 4.79 Å². The van der Waals surface area contributed by atoms with Gasteiger partial charge in [-0.1, -0.05) is 73.9 Å². The first-order chi connectivity index (χ1) is 25.2. The number of likely N-dealkylation sites (tertiary alicyclic amines) is 2. The van der Waals surface area contributed by atoms with Gasteiger partial charge in [0.1, 0.15) is 18.7 Å². The first-order valence-electron chi connectivity index (χ1n) is 19.4. The van der Waals surface area contributed by atoms with Crippen molar-refractivity contribution in [1.82, 2.24) is 25.3 Å². The zero-order valence-electron chi connectivity index (χ0n) is 30.5. The minimum Gasteiger partial charge on any atom is -0.445 e. The largest absolute Gasteiger partial charge is 0.445 e. The number of carbonyl (C=O) groups is 5. The van der Waals surface area contributed by atoms with E-state index >= 15 is 0 Å². The van der Waals surface area contributed by atoms with Crippen molar-refractivity contribution in [3.63, 3.8) is 0 Å². The van der Waals surface area contributed by atoms with Crippen LogP contribution in [0.1, 0.15) is 93.9 Å². The summed E-state index contributed by atoms with van der Waals surface area (Å²) in [5.74, 6) is -1.29. The molecule has 2 N–H and O–H groups in total. The molecule has 2 aromatic carbocycles. The third kappa shape index (κ3) is 7.55. The highest BCUT2D eigenvalue weighted by molar-refractivity contribution is 5.93. The van der Waals surface area contributed by atoms with Crippen LogP contribution in [0.2, 0.25) is 0 Å². The number of nitrogens with one attached hydrogen (secondary N) is 2. The van der Waals surface area contributed by atoms with Gasteiger partial charge in [0.25, 0.3) is 0 Å². The quantitative estimate of drug-likeness (QED) is 0.367. The highest BCUT2D eigenvalue weighted by atomic mass is 16.6. The van der Waals surface area contributed by atoms with Gasteiger partial charge in [0.2, 0.25) is 23.6 Å². The fraction of sp³-hybridized carbons (Fsp3) is 0.585. The van der Waals surface area contributed by atoms with Gasteiger partial charge < -0.3 is 25.2 Å². The molecular formula is C41H53N5O6. The van der Waals surface area contributed by atoms with Crippen molar-refractivity contribution >= 4 is 29.7 Å². The molecule has 0 bridgehead atoms. The van der Waals surface area contributed by atoms with E-state index in [9.17, 15) is 24.0 Å². The molecule has 7 rings (SSSR count). The van der Waals surface area contributed by atoms with Gasteiger partial charge in [0.05, 0.1) is 24.0 Å². The predicted molar refractivity (Wildman–Crippen MR) is 194 cm³/mol. The molecule has 11 nitrogen and oxygen atoms in total. The molecule has 2 saturated carbocycles. The Labute approximate surface area is 306 Å². The van der Waals surface area contributed by atoms with Crippen LogP contribution in [0.15, 0.2) is 54.6 Å². The summed E-state index contributed by atoms with van der Waals surface area (Å²) >= 11 is 0. The average molecular weight is 712 g/mol. The van der Waals surface area contributed by atoms with Crippen LogP contribution in [-0.4, -0.2) is 88.7 Å². The number of aryl methyl sites for hydroxylation is 1. The summed E-state index contributed by atoms with van der Waals surface area (Å²) in [6.45, 7) is 2.43. The fourth-order valence-corrected chi connectivity index (χ4v) is 9.03. The van der Waals surface area contributed by atoms with Crippen molar-refractivity contribution in [2.45, 2.75) is 114 Å². The Morgan fingerprint density at radius 3 is 2.35 bits per heavy atom. The summed E-state index contributed by atoms with van der Waals surface area (Å²) in [5.41, 5.74) is 3.24. The minimum atomic E-state index is -0.886. The van der Waals surface area contributed by atoms with Crippen LogP contribution in [0, 0.1) is 17.8 Å². The summed E-state index contributed by atoms with van der Waals surface area (Å²) < 4.78 is 5.48. The summed E-state index contributed by atoms with van der Waals surface area (Å²) in [5, 5.41) is 6.42. The van der Waals surface area contributed by atoms with Gasteiger partial charge in [-0.2, -0.15) is 0 Å². The van der Waals surface area contributed by atoms with E-state index < -0.39 is 36.0 Å². The lowest BCUT2D eigenvalue weighted by Gasteiger charge is -2.37. The van der Waals surface area contributed by atoms with E-state index in [1.807, 2.05) is 52.3 Å². The smallest absolute Gasteiger partial charge is 0.410 e. The molecule has 6 atom stereocenters. The predicted octanol–water partition coefficient (Wildman–Crippen LogP) is 4.74. The fourth-order valence-electron chi connectivity index (χ4n) is 9.03. The number of nitrogens with zero attached hydrogens (tertiary/aromatic N) is 3. The lowest BCUT2D eigenvalue weighted by atomic mass is 9.82. The first-order valence-corrected chi connectivity index (χ1v) is 19.4. The summed E-state index contributed by atoms with van der Waals surface area (Å²) in [7, 11) is 1.53. The monoisotopic (exact) mass is 711 g/mol. The number of benzene rings is 2. The third-order valence-electron chi connectivity index (χ3n) is 12.3. The number of amides is 5. The van der Waals surface area contributed by atoms with Crippen molar-refractivity contribution in [3.8, 4) is 0 Å². The molecule has 3 aliphatic carbocycles. The van der Waals surface area contributed by atoms with Crippen LogP contribution < -0.4 is 10.6 Å². The number of carbonyl (C=O) groups excluding carboxylic acids is 5. The number of ether oxygens (including phenoxy) is 1. The van der Waals surface area contributed by atoms with E-state index in [2.05, 4.69) is 22.8 Å². The zero-order chi connectivity index (χ0) is 36.4. The Morgan fingerprint density at radius 2 is 1.60 bits per heavy atom. The molecule has 4 fully saturated rings. The summed E-state index contributed by atoms with van der Waals surface area (Å²) in [4.78, 5) is 74.5. The van der Waals surface area contributed by atoms with Crippen molar-refractivity contribution in [2.24, 2.45) is 17.8 Å². The molecule has 5 amide bonds. The second kappa shape index (κ2) is 15.7. The van der Waals surface area contributed by atoms with E-state index in [0.717, 1.165) is 75.3 Å². The second-order valence-corrected chi connectivity index (χ2v) is 15.6. The maximum Gasteiger partial charge on any atom is 0.410 e. The van der Waals surface area contributed by atoms with Crippen molar-refractivity contribution < 1.29 is 28.7 Å². The Morgan fingerprint density at radius 1 is 0.865 bits per heavy atom. The van der Waals surface area contributed by atoms with Crippen LogP contribution in [-0.2, 0) is 36.9 Å². The molecule has 0 unspecified atom stereocenters. The van der Waals surface area contributed by atoms with Gasteiger partial charge >= 0.3 is 6.09 Å². The standard InChI is InChI=1S/C41H53N5O6/c1-26(44(2)41(51)52-25-27-12-5-3-6-13-27)37(47)43-35(29-15-7-4-8-16-29)40(50)45-23-22-34-36(45)32(24-46(34)39(49)30-20-21-30)38(48)42-33-19-11-17-28-14-9-10-18-31(28)33/h3,5-6,9-10,12-14,18,26,29-30,32-36H,4,7-8,11,15-17,19-25H2,1-2H3,(H,42,48)(H,43,47)/t26-,32-,33+,34+,35-,36+/m0/s1. The van der Waals surface area contributed by atoms with Crippen LogP contribution >= 0.6 is 0 Å². The SMILES string of the molecule is C[C@@H](C(=O)N[C@H](C(=O)N1CC[C@@H]2[C@H]1[C@@H](C(=O)N[C@@H]1CCCc3ccccc31)CN2C(=O)C1CC1)C1CCCCC1)N(C)C(=O)OCc1ccccc1. The molecule has 52 heavy (non-hydrogen) atoms. The maximum atomic E-state index is 14.8. The number of hydrogen-bond donors (Lipinski definition) is 2. The Bertz CT molecular complexity index is 1640. The zero-order valence-corrected chi connectivity index (χ0v) is 30.5. The van der Waals surface area contributed by atoms with E-state index in [0.29, 0.717) is 19.5 Å². The minimum absolute atomic E-state index is 0.00423. The molecule has 0 radical (unpaired) electrons. The van der Waals surface area contributed by atoms with Gasteiger partial charge in [-0.15, -0.1) is 0 Å². The van der Waals surface area contributed by atoms with E-state index in [1.54, 1.807) is 6.92 Å². The molecule has 0 aromatic heterocycles. The molecule has 278 valence electrons. The number of rotatable bonds is 10. The van der Waals surface area contributed by atoms with Crippen LogP contribution in [0.25, 0.3) is 0 Å². The highest BCUT2D eigenvalue weighted by Gasteiger charge is 2.56. The van der Waals surface area contributed by atoms with Crippen LogP contribution in [0.3, 0.4) is 0 Å². The summed E-state index contributed by atoms with van der Waals surface area (Å²) in [6.07, 6.45) is 9.15. The van der Waals surface area contributed by atoms with Gasteiger partial charge in [0.15, 0.2) is 0 Å².